The Balaban J connectivity index is 1.99. The second-order valence-corrected chi connectivity index (χ2v) is 4.73. The highest BCUT2D eigenvalue weighted by atomic mass is 16.5. The third kappa shape index (κ3) is 2.86. The summed E-state index contributed by atoms with van der Waals surface area (Å²) in [6.07, 6.45) is 2.03. The van der Waals surface area contributed by atoms with Gasteiger partial charge in [0.1, 0.15) is 6.10 Å². The molecule has 3 atom stereocenters. The van der Waals surface area contributed by atoms with Gasteiger partial charge in [-0.2, -0.15) is 0 Å². The number of carbonyl (C=O) groups is 1. The number of nitrogens with one attached hydrogen (secondary N) is 1. The van der Waals surface area contributed by atoms with E-state index >= 15 is 0 Å². The smallest absolute Gasteiger partial charge is 0.253 e. The van der Waals surface area contributed by atoms with E-state index in [0.29, 0.717) is 17.3 Å². The number of ether oxygens (including phenoxy) is 1. The van der Waals surface area contributed by atoms with Crippen LogP contribution < -0.4 is 5.32 Å². The summed E-state index contributed by atoms with van der Waals surface area (Å²) in [4.78, 5) is 15.9. The molecule has 1 amide bonds. The van der Waals surface area contributed by atoms with Gasteiger partial charge < -0.3 is 15.2 Å². The number of anilines is 1. The lowest BCUT2D eigenvalue weighted by molar-refractivity contribution is -0.126. The molecular weight excluding hydrogens is 232 g/mol. The highest BCUT2D eigenvalue weighted by molar-refractivity contribution is 5.94. The Labute approximate surface area is 106 Å². The minimum Gasteiger partial charge on any atom is -0.390 e. The fourth-order valence-corrected chi connectivity index (χ4v) is 2.01. The van der Waals surface area contributed by atoms with E-state index in [9.17, 15) is 4.79 Å². The Morgan fingerprint density at radius 2 is 2.39 bits per heavy atom. The zero-order valence-electron chi connectivity index (χ0n) is 10.6. The summed E-state index contributed by atoms with van der Waals surface area (Å²) in [6, 6.07) is 3.35. The van der Waals surface area contributed by atoms with Gasteiger partial charge in [-0.05, 0) is 31.4 Å². The summed E-state index contributed by atoms with van der Waals surface area (Å²) in [5, 5.41) is 11.8. The number of aliphatic hydroxyl groups is 1. The molecule has 98 valence electrons. The minimum atomic E-state index is -0.388. The molecule has 0 bridgehead atoms. The number of hydrogen-bond acceptors (Lipinski definition) is 4. The third-order valence-corrected chi connectivity index (χ3v) is 3.30. The van der Waals surface area contributed by atoms with Crippen molar-refractivity contribution in [3.63, 3.8) is 0 Å². The number of nitrogens with zero attached hydrogens (tertiary/aromatic N) is 1. The lowest BCUT2D eigenvalue weighted by Crippen LogP contribution is -2.27. The van der Waals surface area contributed by atoms with Gasteiger partial charge in [0.25, 0.3) is 5.91 Å². The zero-order valence-corrected chi connectivity index (χ0v) is 10.6. The molecule has 1 aliphatic heterocycles. The van der Waals surface area contributed by atoms with Crippen LogP contribution in [0.25, 0.3) is 0 Å². The summed E-state index contributed by atoms with van der Waals surface area (Å²) >= 11 is 0. The lowest BCUT2D eigenvalue weighted by Gasteiger charge is -2.11. The van der Waals surface area contributed by atoms with E-state index in [1.807, 2.05) is 6.92 Å². The van der Waals surface area contributed by atoms with Gasteiger partial charge in [0.15, 0.2) is 0 Å². The molecule has 2 unspecified atom stereocenters. The van der Waals surface area contributed by atoms with Gasteiger partial charge >= 0.3 is 0 Å². The van der Waals surface area contributed by atoms with Crippen LogP contribution in [0.2, 0.25) is 0 Å². The molecule has 0 saturated carbocycles. The average Bonchev–Trinajstić information content (AvgIpc) is 2.70. The van der Waals surface area contributed by atoms with Gasteiger partial charge in [0, 0.05) is 11.9 Å². The standard InChI is InChI=1S/C13H18N2O3/c1-8-5-12(18-9(8)2)13(17)15-10-3-4-14-11(6-10)7-16/h3-4,6,8-9,12,16H,5,7H2,1-2H3,(H,14,15,17)/t8-,9?,12?/m0/s1. The maximum absolute atomic E-state index is 12.0. The molecule has 5 nitrogen and oxygen atoms in total. The minimum absolute atomic E-state index is 0.117. The summed E-state index contributed by atoms with van der Waals surface area (Å²) in [6.45, 7) is 3.92. The van der Waals surface area contributed by atoms with E-state index in [4.69, 9.17) is 9.84 Å². The van der Waals surface area contributed by atoms with Gasteiger partial charge in [-0.3, -0.25) is 9.78 Å². The van der Waals surface area contributed by atoms with Gasteiger partial charge in [-0.15, -0.1) is 0 Å². The van der Waals surface area contributed by atoms with Crippen molar-refractivity contribution in [2.75, 3.05) is 5.32 Å². The van der Waals surface area contributed by atoms with Crippen LogP contribution in [0.1, 0.15) is 26.0 Å². The number of hydrogen-bond donors (Lipinski definition) is 2. The molecule has 1 saturated heterocycles. The largest absolute Gasteiger partial charge is 0.390 e. The van der Waals surface area contributed by atoms with Crippen LogP contribution in [0.5, 0.6) is 0 Å². The Morgan fingerprint density at radius 3 is 3.00 bits per heavy atom. The number of aromatic nitrogens is 1. The summed E-state index contributed by atoms with van der Waals surface area (Å²) in [5.41, 5.74) is 1.16. The second-order valence-electron chi connectivity index (χ2n) is 4.73. The molecule has 0 aromatic carbocycles. The molecule has 1 aliphatic rings. The van der Waals surface area contributed by atoms with E-state index < -0.39 is 0 Å². The summed E-state index contributed by atoms with van der Waals surface area (Å²) < 4.78 is 5.59. The molecule has 2 heterocycles. The molecular formula is C13H18N2O3. The molecule has 0 aliphatic carbocycles. The highest BCUT2D eigenvalue weighted by Gasteiger charge is 2.33. The van der Waals surface area contributed by atoms with Gasteiger partial charge in [-0.25, -0.2) is 0 Å². The van der Waals surface area contributed by atoms with Crippen molar-refractivity contribution in [1.82, 2.24) is 4.98 Å². The number of amides is 1. The zero-order chi connectivity index (χ0) is 13.1. The molecule has 2 rings (SSSR count). The Hall–Kier alpha value is -1.46. The van der Waals surface area contributed by atoms with E-state index in [-0.39, 0.29) is 24.7 Å². The normalized spacial score (nSPS) is 27.2. The first kappa shape index (κ1) is 13.0. The lowest BCUT2D eigenvalue weighted by atomic mass is 10.0. The van der Waals surface area contributed by atoms with Crippen LogP contribution in [0.15, 0.2) is 18.3 Å². The number of aliphatic hydroxyl groups excluding tert-OH is 1. The van der Waals surface area contributed by atoms with Crippen molar-refractivity contribution in [2.24, 2.45) is 5.92 Å². The molecule has 18 heavy (non-hydrogen) atoms. The van der Waals surface area contributed by atoms with Crippen molar-refractivity contribution in [3.05, 3.63) is 24.0 Å². The molecule has 0 spiro atoms. The molecule has 1 fully saturated rings. The molecule has 0 radical (unpaired) electrons. The first-order valence-electron chi connectivity index (χ1n) is 6.12. The number of rotatable bonds is 3. The predicted octanol–water partition coefficient (Wildman–Crippen LogP) is 1.33. The summed E-state index contributed by atoms with van der Waals surface area (Å²) in [5.74, 6) is 0.257. The van der Waals surface area contributed by atoms with E-state index in [0.717, 1.165) is 6.42 Å². The maximum atomic E-state index is 12.0. The Morgan fingerprint density at radius 1 is 1.61 bits per heavy atom. The Bertz CT molecular complexity index is 426. The fraction of sp³-hybridized carbons (Fsp3) is 0.538. The van der Waals surface area contributed by atoms with Crippen LogP contribution >= 0.6 is 0 Å². The van der Waals surface area contributed by atoms with Gasteiger partial charge in [0.2, 0.25) is 0 Å². The predicted molar refractivity (Wildman–Crippen MR) is 66.9 cm³/mol. The first-order valence-corrected chi connectivity index (χ1v) is 6.12. The second kappa shape index (κ2) is 5.46. The molecule has 1 aromatic rings. The molecule has 5 heteroatoms. The SMILES string of the molecule is CC1OC(C(=O)Nc2ccnc(CO)c2)C[C@@H]1C. The van der Waals surface area contributed by atoms with Crippen LogP contribution in [0, 0.1) is 5.92 Å². The molecule has 1 aromatic heterocycles. The van der Waals surface area contributed by atoms with Crippen LogP contribution in [0.3, 0.4) is 0 Å². The van der Waals surface area contributed by atoms with Crippen molar-refractivity contribution in [3.8, 4) is 0 Å². The quantitative estimate of drug-likeness (QED) is 0.849. The number of pyridine rings is 1. The first-order chi connectivity index (χ1) is 8.60. The van der Waals surface area contributed by atoms with Crippen molar-refractivity contribution >= 4 is 11.6 Å². The Kier molecular flexibility index (Phi) is 3.93. The topological polar surface area (TPSA) is 71.5 Å². The third-order valence-electron chi connectivity index (χ3n) is 3.30. The monoisotopic (exact) mass is 250 g/mol. The van der Waals surface area contributed by atoms with Crippen molar-refractivity contribution in [2.45, 2.75) is 39.1 Å². The average molecular weight is 250 g/mol. The maximum Gasteiger partial charge on any atom is 0.253 e. The van der Waals surface area contributed by atoms with Gasteiger partial charge in [0.05, 0.1) is 18.4 Å². The van der Waals surface area contributed by atoms with Crippen LogP contribution in [-0.4, -0.2) is 28.2 Å². The van der Waals surface area contributed by atoms with E-state index in [1.165, 1.54) is 0 Å². The van der Waals surface area contributed by atoms with Crippen LogP contribution in [-0.2, 0) is 16.1 Å². The van der Waals surface area contributed by atoms with E-state index in [1.54, 1.807) is 18.3 Å². The highest BCUT2D eigenvalue weighted by Crippen LogP contribution is 2.26. The van der Waals surface area contributed by atoms with E-state index in [2.05, 4.69) is 17.2 Å². The van der Waals surface area contributed by atoms with Crippen molar-refractivity contribution in [1.29, 1.82) is 0 Å². The fourth-order valence-electron chi connectivity index (χ4n) is 2.01. The summed E-state index contributed by atoms with van der Waals surface area (Å²) in [7, 11) is 0. The van der Waals surface area contributed by atoms with Gasteiger partial charge in [-0.1, -0.05) is 6.92 Å². The van der Waals surface area contributed by atoms with Crippen LogP contribution in [0.4, 0.5) is 5.69 Å². The number of carbonyl (C=O) groups excluding carboxylic acids is 1. The molecule has 2 N–H and O–H groups in total. The van der Waals surface area contributed by atoms with Crippen molar-refractivity contribution < 1.29 is 14.6 Å².